The molecule has 6 heteroatoms. The number of carbonyl (C=O) groups is 2. The Morgan fingerprint density at radius 2 is 2.05 bits per heavy atom. The minimum absolute atomic E-state index is 0.147. The number of benzene rings is 1. The lowest BCUT2D eigenvalue weighted by Gasteiger charge is -2.16. The van der Waals surface area contributed by atoms with Crippen molar-refractivity contribution in [1.82, 2.24) is 4.90 Å². The van der Waals surface area contributed by atoms with E-state index in [1.54, 1.807) is 32.3 Å². The number of nitrogens with zero attached hydrogens (tertiary/aromatic N) is 1. The summed E-state index contributed by atoms with van der Waals surface area (Å²) >= 11 is 6.08. The number of anilines is 1. The highest BCUT2D eigenvalue weighted by atomic mass is 35.5. The summed E-state index contributed by atoms with van der Waals surface area (Å²) in [5.74, 6) is -0.568. The molecule has 5 nitrogen and oxygen atoms in total. The van der Waals surface area contributed by atoms with Gasteiger partial charge in [-0.15, -0.1) is 0 Å². The molecule has 1 atom stereocenters. The number of rotatable bonds is 6. The van der Waals surface area contributed by atoms with Crippen molar-refractivity contribution in [3.8, 4) is 0 Å². The van der Waals surface area contributed by atoms with Crippen molar-refractivity contribution in [2.24, 2.45) is 11.7 Å². The average Bonchev–Trinajstić information content (AvgIpc) is 2.45. The fourth-order valence-corrected chi connectivity index (χ4v) is 2.12. The molecule has 2 amide bonds. The summed E-state index contributed by atoms with van der Waals surface area (Å²) < 4.78 is 0. The minimum Gasteiger partial charge on any atom is -0.345 e. The molecule has 0 aliphatic carbocycles. The van der Waals surface area contributed by atoms with E-state index in [4.69, 9.17) is 17.3 Å². The van der Waals surface area contributed by atoms with Crippen molar-refractivity contribution in [2.75, 3.05) is 26.0 Å². The highest BCUT2D eigenvalue weighted by Gasteiger charge is 2.18. The Morgan fingerprint density at radius 1 is 1.38 bits per heavy atom. The molecule has 1 rings (SSSR count). The van der Waals surface area contributed by atoms with Crippen LogP contribution in [0.2, 0.25) is 5.02 Å². The van der Waals surface area contributed by atoms with Gasteiger partial charge >= 0.3 is 0 Å². The fourth-order valence-electron chi connectivity index (χ4n) is 1.95. The first kappa shape index (κ1) is 17.5. The third-order valence-corrected chi connectivity index (χ3v) is 3.50. The number of amides is 2. The van der Waals surface area contributed by atoms with E-state index in [0.717, 1.165) is 12.8 Å². The monoisotopic (exact) mass is 311 g/mol. The van der Waals surface area contributed by atoms with Crippen LogP contribution in [0, 0.1) is 5.92 Å². The molecular formula is C15H22ClN3O2. The van der Waals surface area contributed by atoms with Gasteiger partial charge in [0.15, 0.2) is 0 Å². The topological polar surface area (TPSA) is 75.4 Å². The lowest BCUT2D eigenvalue weighted by atomic mass is 10.0. The molecule has 116 valence electrons. The molecule has 0 heterocycles. The van der Waals surface area contributed by atoms with Crippen LogP contribution >= 0.6 is 11.6 Å². The molecule has 0 bridgehead atoms. The number of nitrogens with two attached hydrogens (primary N) is 1. The van der Waals surface area contributed by atoms with Crippen molar-refractivity contribution >= 4 is 29.1 Å². The molecule has 0 radical (unpaired) electrons. The third-order valence-electron chi connectivity index (χ3n) is 3.17. The molecule has 0 aliphatic heterocycles. The quantitative estimate of drug-likeness (QED) is 0.846. The van der Waals surface area contributed by atoms with E-state index in [-0.39, 0.29) is 24.3 Å². The highest BCUT2D eigenvalue weighted by molar-refractivity contribution is 6.33. The summed E-state index contributed by atoms with van der Waals surface area (Å²) in [6.45, 7) is 2.28. The van der Waals surface area contributed by atoms with Crippen molar-refractivity contribution < 1.29 is 9.59 Å². The van der Waals surface area contributed by atoms with Crippen LogP contribution in [0.4, 0.5) is 5.69 Å². The Balaban J connectivity index is 2.94. The summed E-state index contributed by atoms with van der Waals surface area (Å²) in [6, 6.07) is 4.82. The third kappa shape index (κ3) is 4.72. The van der Waals surface area contributed by atoms with Crippen molar-refractivity contribution in [1.29, 1.82) is 0 Å². The largest absolute Gasteiger partial charge is 0.345 e. The van der Waals surface area contributed by atoms with Crippen LogP contribution in [0.15, 0.2) is 18.2 Å². The van der Waals surface area contributed by atoms with Gasteiger partial charge in [-0.1, -0.05) is 24.9 Å². The van der Waals surface area contributed by atoms with Crippen LogP contribution in [0.1, 0.15) is 30.1 Å². The van der Waals surface area contributed by atoms with E-state index in [2.05, 4.69) is 5.32 Å². The van der Waals surface area contributed by atoms with Gasteiger partial charge in [0.25, 0.3) is 5.91 Å². The van der Waals surface area contributed by atoms with Gasteiger partial charge < -0.3 is 16.0 Å². The van der Waals surface area contributed by atoms with Crippen LogP contribution < -0.4 is 11.1 Å². The van der Waals surface area contributed by atoms with Gasteiger partial charge in [0.05, 0.1) is 16.6 Å². The molecule has 0 saturated carbocycles. The first-order valence-corrected chi connectivity index (χ1v) is 7.30. The van der Waals surface area contributed by atoms with Gasteiger partial charge in [0, 0.05) is 26.2 Å². The number of nitrogens with one attached hydrogen (secondary N) is 1. The van der Waals surface area contributed by atoms with Crippen LogP contribution in [0.3, 0.4) is 0 Å². The molecule has 0 aliphatic rings. The maximum Gasteiger partial charge on any atom is 0.253 e. The second-order valence-electron chi connectivity index (χ2n) is 5.10. The molecule has 1 aromatic rings. The summed E-state index contributed by atoms with van der Waals surface area (Å²) in [6.07, 6.45) is 1.60. The Labute approximate surface area is 130 Å². The highest BCUT2D eigenvalue weighted by Crippen LogP contribution is 2.24. The first-order chi connectivity index (χ1) is 9.90. The van der Waals surface area contributed by atoms with Gasteiger partial charge in [-0.05, 0) is 24.6 Å². The number of halogens is 1. The van der Waals surface area contributed by atoms with Crippen molar-refractivity contribution in [3.63, 3.8) is 0 Å². The van der Waals surface area contributed by atoms with Gasteiger partial charge in [-0.25, -0.2) is 0 Å². The summed E-state index contributed by atoms with van der Waals surface area (Å²) in [4.78, 5) is 25.6. The van der Waals surface area contributed by atoms with E-state index in [0.29, 0.717) is 16.3 Å². The normalized spacial score (nSPS) is 11.9. The molecule has 0 fully saturated rings. The van der Waals surface area contributed by atoms with Crippen molar-refractivity contribution in [3.05, 3.63) is 28.8 Å². The Bertz CT molecular complexity index is 518. The number of carbonyl (C=O) groups excluding carboxylic acids is 2. The Kier molecular flexibility index (Phi) is 6.65. The minimum atomic E-state index is -0.251. The lowest BCUT2D eigenvalue weighted by molar-refractivity contribution is -0.119. The first-order valence-electron chi connectivity index (χ1n) is 6.92. The Morgan fingerprint density at radius 3 is 2.57 bits per heavy atom. The molecule has 0 saturated heterocycles. The van der Waals surface area contributed by atoms with Gasteiger partial charge in [0.2, 0.25) is 5.91 Å². The van der Waals surface area contributed by atoms with Crippen LogP contribution in [0.5, 0.6) is 0 Å². The standard InChI is InChI=1S/C15H22ClN3O2/c1-4-5-11(9-17)14(20)18-13-8-10(6-7-12(13)16)15(21)19(2)3/h6-8,11H,4-5,9,17H2,1-3H3,(H,18,20). The van der Waals surface area contributed by atoms with Crippen LogP contribution in [-0.4, -0.2) is 37.4 Å². The van der Waals surface area contributed by atoms with Crippen LogP contribution in [0.25, 0.3) is 0 Å². The molecule has 21 heavy (non-hydrogen) atoms. The van der Waals surface area contributed by atoms with Gasteiger partial charge in [-0.3, -0.25) is 9.59 Å². The van der Waals surface area contributed by atoms with E-state index < -0.39 is 0 Å². The smallest absolute Gasteiger partial charge is 0.253 e. The lowest BCUT2D eigenvalue weighted by Crippen LogP contribution is -2.29. The Hall–Kier alpha value is -1.59. The molecular weight excluding hydrogens is 290 g/mol. The fraction of sp³-hybridized carbons (Fsp3) is 0.467. The summed E-state index contributed by atoms with van der Waals surface area (Å²) in [5.41, 5.74) is 6.52. The SMILES string of the molecule is CCCC(CN)C(=O)Nc1cc(C(=O)N(C)C)ccc1Cl. The molecule has 1 unspecified atom stereocenters. The van der Waals surface area contributed by atoms with E-state index in [9.17, 15) is 9.59 Å². The molecule has 1 aromatic carbocycles. The molecule has 3 N–H and O–H groups in total. The maximum atomic E-state index is 12.2. The summed E-state index contributed by atoms with van der Waals surface area (Å²) in [7, 11) is 3.34. The second kappa shape index (κ2) is 8.00. The van der Waals surface area contributed by atoms with E-state index in [1.807, 2.05) is 6.92 Å². The zero-order valence-corrected chi connectivity index (χ0v) is 13.4. The zero-order chi connectivity index (χ0) is 16.0. The maximum absolute atomic E-state index is 12.2. The van der Waals surface area contributed by atoms with Crippen LogP contribution in [-0.2, 0) is 4.79 Å². The van der Waals surface area contributed by atoms with E-state index in [1.165, 1.54) is 4.90 Å². The number of hydrogen-bond donors (Lipinski definition) is 2. The van der Waals surface area contributed by atoms with E-state index >= 15 is 0 Å². The zero-order valence-electron chi connectivity index (χ0n) is 12.6. The summed E-state index contributed by atoms with van der Waals surface area (Å²) in [5, 5.41) is 3.15. The molecule has 0 aromatic heterocycles. The van der Waals surface area contributed by atoms with Gasteiger partial charge in [0.1, 0.15) is 0 Å². The average molecular weight is 312 g/mol. The molecule has 0 spiro atoms. The van der Waals surface area contributed by atoms with Crippen molar-refractivity contribution in [2.45, 2.75) is 19.8 Å². The number of hydrogen-bond acceptors (Lipinski definition) is 3. The predicted octanol–water partition coefficient (Wildman–Crippen LogP) is 2.36. The predicted molar refractivity (Wildman–Crippen MR) is 85.6 cm³/mol. The second-order valence-corrected chi connectivity index (χ2v) is 5.51. The van der Waals surface area contributed by atoms with Gasteiger partial charge in [-0.2, -0.15) is 0 Å².